The first kappa shape index (κ1) is 14.9. The van der Waals surface area contributed by atoms with Crippen LogP contribution in [0.25, 0.3) is 0 Å². The van der Waals surface area contributed by atoms with Crippen molar-refractivity contribution in [1.29, 1.82) is 0 Å². The Bertz CT molecular complexity index is 490. The molecule has 0 aliphatic rings. The van der Waals surface area contributed by atoms with Crippen LogP contribution in [0.15, 0.2) is 23.2 Å². The van der Waals surface area contributed by atoms with Gasteiger partial charge in [-0.2, -0.15) is 0 Å². The fourth-order valence-electron chi connectivity index (χ4n) is 1.54. The van der Waals surface area contributed by atoms with Gasteiger partial charge in [0.25, 0.3) is 0 Å². The van der Waals surface area contributed by atoms with Crippen LogP contribution >= 0.6 is 0 Å². The van der Waals surface area contributed by atoms with Gasteiger partial charge in [-0.3, -0.25) is 0 Å². The Hall–Kier alpha value is -1.18. The molecule has 1 aromatic rings. The lowest BCUT2D eigenvalue weighted by atomic mass is 10.1. The molecule has 0 aliphatic carbocycles. The highest BCUT2D eigenvalue weighted by molar-refractivity contribution is 7.89. The number of nitrogen functional groups attached to an aromatic ring is 1. The molecule has 7 heteroatoms. The van der Waals surface area contributed by atoms with Crippen molar-refractivity contribution >= 4 is 15.8 Å². The minimum Gasteiger partial charge on any atom is -0.307 e. The summed E-state index contributed by atoms with van der Waals surface area (Å²) in [5.74, 6) is 5.74. The molecule has 0 radical (unpaired) electrons. The molecule has 1 rings (SSSR count). The molecule has 1 atom stereocenters. The first-order valence-electron chi connectivity index (χ1n) is 5.81. The van der Waals surface area contributed by atoms with Gasteiger partial charge in [-0.05, 0) is 18.1 Å². The van der Waals surface area contributed by atoms with Crippen molar-refractivity contribution in [1.82, 2.24) is 9.29 Å². The fraction of sp³-hybridized carbons (Fsp3) is 0.545. The minimum absolute atomic E-state index is 0.0957. The molecular formula is C11H20N4O2S. The number of hydrogen-bond acceptors (Lipinski definition) is 5. The highest BCUT2D eigenvalue weighted by Gasteiger charge is 2.25. The SMILES string of the molecule is CCC(C)CN(C)S(=O)(=O)c1cccnc1NN. The molecular weight excluding hydrogens is 252 g/mol. The van der Waals surface area contributed by atoms with Gasteiger partial charge in [-0.25, -0.2) is 23.5 Å². The Kier molecular flexibility index (Phi) is 5.06. The number of rotatable bonds is 6. The lowest BCUT2D eigenvalue weighted by molar-refractivity contribution is 0.393. The van der Waals surface area contributed by atoms with Gasteiger partial charge in [0.15, 0.2) is 5.82 Å². The van der Waals surface area contributed by atoms with Gasteiger partial charge in [0.2, 0.25) is 10.0 Å². The molecule has 102 valence electrons. The summed E-state index contributed by atoms with van der Waals surface area (Å²) in [4.78, 5) is 4.00. The van der Waals surface area contributed by atoms with Crippen molar-refractivity contribution in [2.75, 3.05) is 19.0 Å². The van der Waals surface area contributed by atoms with E-state index in [9.17, 15) is 8.42 Å². The average molecular weight is 272 g/mol. The van der Waals surface area contributed by atoms with Crippen LogP contribution in [-0.2, 0) is 10.0 Å². The second-order valence-corrected chi connectivity index (χ2v) is 6.31. The van der Waals surface area contributed by atoms with E-state index in [-0.39, 0.29) is 10.7 Å². The fourth-order valence-corrected chi connectivity index (χ4v) is 2.93. The highest BCUT2D eigenvalue weighted by Crippen LogP contribution is 2.21. The topological polar surface area (TPSA) is 88.3 Å². The van der Waals surface area contributed by atoms with Crippen molar-refractivity contribution in [3.8, 4) is 0 Å². The number of aromatic nitrogens is 1. The number of sulfonamides is 1. The normalized spacial score (nSPS) is 13.6. The van der Waals surface area contributed by atoms with Crippen LogP contribution in [0.2, 0.25) is 0 Å². The summed E-state index contributed by atoms with van der Waals surface area (Å²) < 4.78 is 26.0. The summed E-state index contributed by atoms with van der Waals surface area (Å²) in [5, 5.41) is 0. The van der Waals surface area contributed by atoms with E-state index in [1.165, 1.54) is 16.6 Å². The summed E-state index contributed by atoms with van der Waals surface area (Å²) in [5.41, 5.74) is 2.31. The van der Waals surface area contributed by atoms with Crippen LogP contribution in [0, 0.1) is 5.92 Å². The number of hydrogen-bond donors (Lipinski definition) is 2. The van der Waals surface area contributed by atoms with Crippen molar-refractivity contribution in [2.45, 2.75) is 25.2 Å². The zero-order valence-electron chi connectivity index (χ0n) is 10.9. The molecule has 3 N–H and O–H groups in total. The number of nitrogens with one attached hydrogen (secondary N) is 1. The lowest BCUT2D eigenvalue weighted by Crippen LogP contribution is -2.32. The van der Waals surface area contributed by atoms with Crippen LogP contribution < -0.4 is 11.3 Å². The Morgan fingerprint density at radius 3 is 2.78 bits per heavy atom. The van der Waals surface area contributed by atoms with E-state index < -0.39 is 10.0 Å². The van der Waals surface area contributed by atoms with Crippen molar-refractivity contribution in [3.05, 3.63) is 18.3 Å². The Balaban J connectivity index is 3.05. The van der Waals surface area contributed by atoms with Crippen LogP contribution in [0.5, 0.6) is 0 Å². The first-order chi connectivity index (χ1) is 8.43. The zero-order valence-corrected chi connectivity index (χ0v) is 11.7. The molecule has 0 aromatic carbocycles. The minimum atomic E-state index is -3.56. The summed E-state index contributed by atoms with van der Waals surface area (Å²) in [6.07, 6.45) is 2.41. The molecule has 0 fully saturated rings. The van der Waals surface area contributed by atoms with Crippen molar-refractivity contribution in [2.24, 2.45) is 11.8 Å². The van der Waals surface area contributed by atoms with Gasteiger partial charge >= 0.3 is 0 Å². The van der Waals surface area contributed by atoms with Gasteiger partial charge in [-0.1, -0.05) is 20.3 Å². The maximum Gasteiger partial charge on any atom is 0.246 e. The molecule has 18 heavy (non-hydrogen) atoms. The maximum absolute atomic E-state index is 12.4. The van der Waals surface area contributed by atoms with Gasteiger partial charge in [-0.15, -0.1) is 0 Å². The molecule has 6 nitrogen and oxygen atoms in total. The Labute approximate surface area is 108 Å². The molecule has 0 aliphatic heterocycles. The predicted molar refractivity (Wildman–Crippen MR) is 71.3 cm³/mol. The summed E-state index contributed by atoms with van der Waals surface area (Å²) >= 11 is 0. The van der Waals surface area contributed by atoms with E-state index in [1.807, 2.05) is 13.8 Å². The summed E-state index contributed by atoms with van der Waals surface area (Å²) in [7, 11) is -1.99. The van der Waals surface area contributed by atoms with E-state index in [0.717, 1.165) is 6.42 Å². The second kappa shape index (κ2) is 6.12. The third-order valence-corrected chi connectivity index (χ3v) is 4.72. The van der Waals surface area contributed by atoms with Gasteiger partial charge in [0.05, 0.1) is 0 Å². The largest absolute Gasteiger partial charge is 0.307 e. The number of nitrogens with two attached hydrogens (primary N) is 1. The molecule has 0 spiro atoms. The first-order valence-corrected chi connectivity index (χ1v) is 7.25. The van der Waals surface area contributed by atoms with Crippen LogP contribution in [0.1, 0.15) is 20.3 Å². The zero-order chi connectivity index (χ0) is 13.8. The quantitative estimate of drug-likeness (QED) is 0.596. The second-order valence-electron chi connectivity index (χ2n) is 4.29. The van der Waals surface area contributed by atoms with E-state index in [1.54, 1.807) is 13.1 Å². The number of nitrogens with zero attached hydrogens (tertiary/aromatic N) is 2. The smallest absolute Gasteiger partial charge is 0.246 e. The highest BCUT2D eigenvalue weighted by atomic mass is 32.2. The number of anilines is 1. The van der Waals surface area contributed by atoms with E-state index in [0.29, 0.717) is 12.5 Å². The van der Waals surface area contributed by atoms with Gasteiger partial charge < -0.3 is 5.43 Å². The van der Waals surface area contributed by atoms with Crippen LogP contribution in [-0.4, -0.2) is 31.3 Å². The molecule has 0 bridgehead atoms. The third kappa shape index (κ3) is 3.18. The molecule has 0 saturated carbocycles. The van der Waals surface area contributed by atoms with Crippen LogP contribution in [0.4, 0.5) is 5.82 Å². The summed E-state index contributed by atoms with van der Waals surface area (Å²) in [6.45, 7) is 4.51. The molecule has 1 heterocycles. The Morgan fingerprint density at radius 2 is 2.22 bits per heavy atom. The molecule has 0 amide bonds. The van der Waals surface area contributed by atoms with Gasteiger partial charge in [0.1, 0.15) is 4.90 Å². The van der Waals surface area contributed by atoms with Crippen molar-refractivity contribution < 1.29 is 8.42 Å². The van der Waals surface area contributed by atoms with Crippen LogP contribution in [0.3, 0.4) is 0 Å². The van der Waals surface area contributed by atoms with E-state index in [2.05, 4.69) is 10.4 Å². The van der Waals surface area contributed by atoms with E-state index in [4.69, 9.17) is 5.84 Å². The predicted octanol–water partition coefficient (Wildman–Crippen LogP) is 1.03. The summed E-state index contributed by atoms with van der Waals surface area (Å²) in [6, 6.07) is 3.06. The molecule has 0 saturated heterocycles. The maximum atomic E-state index is 12.4. The number of hydrazine groups is 1. The monoisotopic (exact) mass is 272 g/mol. The standard InChI is InChI=1S/C11H20N4O2S/c1-4-9(2)8-15(3)18(16,17)10-6-5-7-13-11(10)14-12/h5-7,9H,4,8,12H2,1-3H3,(H,13,14). The average Bonchev–Trinajstić information content (AvgIpc) is 2.38. The molecule has 1 aromatic heterocycles. The van der Waals surface area contributed by atoms with E-state index >= 15 is 0 Å². The molecule has 1 unspecified atom stereocenters. The lowest BCUT2D eigenvalue weighted by Gasteiger charge is -2.21. The third-order valence-electron chi connectivity index (χ3n) is 2.86. The van der Waals surface area contributed by atoms with Gasteiger partial charge in [0, 0.05) is 19.8 Å². The number of pyridine rings is 1. The Morgan fingerprint density at radius 1 is 1.56 bits per heavy atom. The van der Waals surface area contributed by atoms with Crippen molar-refractivity contribution in [3.63, 3.8) is 0 Å².